The SMILES string of the molecule is CCOc1ccc(C=CC(=O)O)cc1OCCCCCCOC(=O)NCCC[Si](OCC)(OCC)OCC. The zero-order valence-electron chi connectivity index (χ0n) is 23.3. The van der Waals surface area contributed by atoms with E-state index in [0.29, 0.717) is 70.1 Å². The molecule has 0 aliphatic carbocycles. The number of nitrogens with one attached hydrogen (secondary N) is 1. The fourth-order valence-corrected chi connectivity index (χ4v) is 6.25. The first-order valence-corrected chi connectivity index (χ1v) is 15.5. The number of carboxylic acid groups (broad SMARTS) is 1. The maximum Gasteiger partial charge on any atom is 0.500 e. The van der Waals surface area contributed by atoms with Crippen LogP contribution in [0.15, 0.2) is 24.3 Å². The van der Waals surface area contributed by atoms with Gasteiger partial charge < -0.3 is 37.9 Å². The molecule has 0 spiro atoms. The highest BCUT2D eigenvalue weighted by atomic mass is 28.4. The molecule has 0 aliphatic heterocycles. The van der Waals surface area contributed by atoms with Crippen LogP contribution in [-0.4, -0.2) is 72.2 Å². The molecular formula is C27H45NO9Si. The second kappa shape index (κ2) is 20.4. The minimum atomic E-state index is -2.69. The molecule has 11 heteroatoms. The number of aliphatic carboxylic acids is 1. The Morgan fingerprint density at radius 3 is 2.11 bits per heavy atom. The highest BCUT2D eigenvalue weighted by Gasteiger charge is 2.39. The highest BCUT2D eigenvalue weighted by molar-refractivity contribution is 6.60. The first kappa shape index (κ1) is 33.4. The van der Waals surface area contributed by atoms with E-state index in [-0.39, 0.29) is 0 Å². The molecule has 1 amide bonds. The van der Waals surface area contributed by atoms with Crippen LogP contribution in [-0.2, 0) is 22.8 Å². The van der Waals surface area contributed by atoms with E-state index in [0.717, 1.165) is 37.3 Å². The number of carbonyl (C=O) groups excluding carboxylic acids is 1. The first-order chi connectivity index (χ1) is 18.4. The molecule has 0 fully saturated rings. The average Bonchev–Trinajstić information content (AvgIpc) is 2.88. The van der Waals surface area contributed by atoms with Gasteiger partial charge in [0.15, 0.2) is 11.5 Å². The molecule has 1 rings (SSSR count). The van der Waals surface area contributed by atoms with Crippen LogP contribution in [0, 0.1) is 0 Å². The largest absolute Gasteiger partial charge is 0.500 e. The van der Waals surface area contributed by atoms with Gasteiger partial charge in [0.2, 0.25) is 0 Å². The minimum absolute atomic E-state index is 0.356. The van der Waals surface area contributed by atoms with Gasteiger partial charge in [-0.05, 0) is 83.6 Å². The van der Waals surface area contributed by atoms with Crippen LogP contribution in [0.5, 0.6) is 11.5 Å². The van der Waals surface area contributed by atoms with Crippen molar-refractivity contribution in [1.29, 1.82) is 0 Å². The number of hydrogen-bond acceptors (Lipinski definition) is 8. The number of carboxylic acids is 1. The molecule has 38 heavy (non-hydrogen) atoms. The third-order valence-corrected chi connectivity index (χ3v) is 8.39. The minimum Gasteiger partial charge on any atom is -0.490 e. The van der Waals surface area contributed by atoms with E-state index in [1.165, 1.54) is 6.08 Å². The lowest BCUT2D eigenvalue weighted by atomic mass is 10.2. The Kier molecular flexibility index (Phi) is 17.9. The van der Waals surface area contributed by atoms with Crippen LogP contribution in [0.2, 0.25) is 6.04 Å². The zero-order chi connectivity index (χ0) is 28.1. The molecule has 216 valence electrons. The second-order valence-corrected chi connectivity index (χ2v) is 11.0. The van der Waals surface area contributed by atoms with Gasteiger partial charge in [-0.1, -0.05) is 6.07 Å². The molecule has 0 unspecified atom stereocenters. The number of benzene rings is 1. The van der Waals surface area contributed by atoms with Crippen molar-refractivity contribution in [2.45, 2.75) is 65.8 Å². The van der Waals surface area contributed by atoms with E-state index in [2.05, 4.69) is 5.32 Å². The van der Waals surface area contributed by atoms with Gasteiger partial charge in [0, 0.05) is 38.5 Å². The molecular weight excluding hydrogens is 510 g/mol. The molecule has 1 aromatic rings. The molecule has 0 heterocycles. The predicted molar refractivity (Wildman–Crippen MR) is 148 cm³/mol. The van der Waals surface area contributed by atoms with Crippen molar-refractivity contribution >= 4 is 26.9 Å². The van der Waals surface area contributed by atoms with Gasteiger partial charge >= 0.3 is 20.9 Å². The third kappa shape index (κ3) is 14.4. The Bertz CT molecular complexity index is 818. The van der Waals surface area contributed by atoms with Crippen LogP contribution >= 0.6 is 0 Å². The molecule has 0 atom stereocenters. The smallest absolute Gasteiger partial charge is 0.490 e. The Balaban J connectivity index is 2.24. The molecule has 0 bridgehead atoms. The maximum atomic E-state index is 11.9. The quantitative estimate of drug-likeness (QED) is 0.112. The summed E-state index contributed by atoms with van der Waals surface area (Å²) in [7, 11) is -2.69. The summed E-state index contributed by atoms with van der Waals surface area (Å²) in [6.07, 6.45) is 6.28. The van der Waals surface area contributed by atoms with Crippen LogP contribution in [0.3, 0.4) is 0 Å². The average molecular weight is 556 g/mol. The summed E-state index contributed by atoms with van der Waals surface area (Å²) < 4.78 is 34.2. The molecule has 1 aromatic carbocycles. The highest BCUT2D eigenvalue weighted by Crippen LogP contribution is 2.29. The normalized spacial score (nSPS) is 11.5. The van der Waals surface area contributed by atoms with Crippen molar-refractivity contribution in [2.75, 3.05) is 46.2 Å². The van der Waals surface area contributed by atoms with E-state index in [9.17, 15) is 9.59 Å². The van der Waals surface area contributed by atoms with Crippen molar-refractivity contribution in [1.82, 2.24) is 5.32 Å². The van der Waals surface area contributed by atoms with Crippen molar-refractivity contribution in [3.63, 3.8) is 0 Å². The fourth-order valence-electron chi connectivity index (χ4n) is 3.64. The van der Waals surface area contributed by atoms with E-state index in [4.69, 9.17) is 32.6 Å². The van der Waals surface area contributed by atoms with Gasteiger partial charge in [-0.15, -0.1) is 0 Å². The fraction of sp³-hybridized carbons (Fsp3) is 0.630. The lowest BCUT2D eigenvalue weighted by Gasteiger charge is -2.28. The summed E-state index contributed by atoms with van der Waals surface area (Å²) in [6, 6.07) is 5.97. The number of hydrogen-bond donors (Lipinski definition) is 2. The van der Waals surface area contributed by atoms with Crippen LogP contribution in [0.1, 0.15) is 65.4 Å². The van der Waals surface area contributed by atoms with Crippen LogP contribution in [0.4, 0.5) is 4.79 Å². The summed E-state index contributed by atoms with van der Waals surface area (Å²) in [6.45, 7) is 11.1. The number of alkyl carbamates (subject to hydrolysis) is 1. The monoisotopic (exact) mass is 555 g/mol. The van der Waals surface area contributed by atoms with Crippen LogP contribution in [0.25, 0.3) is 6.08 Å². The van der Waals surface area contributed by atoms with Gasteiger partial charge in [0.05, 0.1) is 19.8 Å². The molecule has 0 saturated heterocycles. The van der Waals surface area contributed by atoms with Crippen molar-refractivity contribution in [3.05, 3.63) is 29.8 Å². The Hall–Kier alpha value is -2.60. The molecule has 0 radical (unpaired) electrons. The number of amides is 1. The molecule has 0 aliphatic rings. The standard InChI is InChI=1S/C27H45NO9Si/c1-5-32-24-16-14-23(15-17-26(29)30)22-25(24)33-19-11-9-10-12-20-34-27(31)28-18-13-21-38(35-6-2,36-7-3)37-8-4/h14-17,22H,5-13,18-21H2,1-4H3,(H,28,31)(H,29,30). The molecule has 0 saturated carbocycles. The summed E-state index contributed by atoms with van der Waals surface area (Å²) >= 11 is 0. The molecule has 10 nitrogen and oxygen atoms in total. The second-order valence-electron chi connectivity index (χ2n) is 8.22. The third-order valence-electron chi connectivity index (χ3n) is 5.24. The molecule has 0 aromatic heterocycles. The van der Waals surface area contributed by atoms with Crippen molar-refractivity contribution < 1.29 is 42.2 Å². The number of carbonyl (C=O) groups is 2. The summed E-state index contributed by atoms with van der Waals surface area (Å²) in [5.74, 6) is 0.206. The van der Waals surface area contributed by atoms with E-state index in [1.807, 2.05) is 27.7 Å². The Labute approximate surface area is 228 Å². The number of rotatable bonds is 22. The predicted octanol–water partition coefficient (Wildman–Crippen LogP) is 5.29. The van der Waals surface area contributed by atoms with Gasteiger partial charge in [0.1, 0.15) is 0 Å². The van der Waals surface area contributed by atoms with Crippen molar-refractivity contribution in [3.8, 4) is 11.5 Å². The number of ether oxygens (including phenoxy) is 3. The number of unbranched alkanes of at least 4 members (excludes halogenated alkanes) is 3. The maximum absolute atomic E-state index is 11.9. The van der Waals surface area contributed by atoms with E-state index in [1.54, 1.807) is 18.2 Å². The van der Waals surface area contributed by atoms with Gasteiger partial charge in [-0.3, -0.25) is 0 Å². The van der Waals surface area contributed by atoms with E-state index >= 15 is 0 Å². The van der Waals surface area contributed by atoms with Gasteiger partial charge in [-0.2, -0.15) is 0 Å². The zero-order valence-corrected chi connectivity index (χ0v) is 24.3. The Morgan fingerprint density at radius 1 is 0.842 bits per heavy atom. The summed E-state index contributed by atoms with van der Waals surface area (Å²) in [5.41, 5.74) is 0.723. The van der Waals surface area contributed by atoms with Crippen molar-refractivity contribution in [2.24, 2.45) is 0 Å². The van der Waals surface area contributed by atoms with Crippen LogP contribution < -0.4 is 14.8 Å². The Morgan fingerprint density at radius 2 is 1.50 bits per heavy atom. The van der Waals surface area contributed by atoms with Gasteiger partial charge in [-0.25, -0.2) is 9.59 Å². The first-order valence-electron chi connectivity index (χ1n) is 13.5. The lowest BCUT2D eigenvalue weighted by molar-refractivity contribution is -0.131. The lowest BCUT2D eigenvalue weighted by Crippen LogP contribution is -2.46. The summed E-state index contributed by atoms with van der Waals surface area (Å²) in [5, 5.41) is 11.6. The molecule has 2 N–H and O–H groups in total. The van der Waals surface area contributed by atoms with Gasteiger partial charge in [0.25, 0.3) is 0 Å². The van der Waals surface area contributed by atoms with E-state index < -0.39 is 20.9 Å². The summed E-state index contributed by atoms with van der Waals surface area (Å²) in [4.78, 5) is 22.7. The topological polar surface area (TPSA) is 122 Å².